The Bertz CT molecular complexity index is 746. The lowest BCUT2D eigenvalue weighted by molar-refractivity contribution is 0.0692. The molecule has 0 aliphatic carbocycles. The third-order valence-corrected chi connectivity index (χ3v) is 3.22. The molecule has 7 heteroatoms. The first-order valence-corrected chi connectivity index (χ1v) is 5.87. The number of rotatable bonds is 2. The molecular weight excluding hydrogens is 252 g/mol. The Balaban J connectivity index is 2.19. The van der Waals surface area contributed by atoms with Crippen LogP contribution in [0.15, 0.2) is 24.5 Å². The molecule has 2 heterocycles. The molecule has 0 fully saturated rings. The van der Waals surface area contributed by atoms with Crippen LogP contribution in [-0.2, 0) is 7.05 Å². The zero-order valence-corrected chi connectivity index (χ0v) is 10.2. The molecule has 0 saturated carbocycles. The second-order valence-electron chi connectivity index (χ2n) is 3.83. The zero-order valence-electron chi connectivity index (χ0n) is 9.36. The van der Waals surface area contributed by atoms with E-state index in [4.69, 9.17) is 5.11 Å². The number of benzene rings is 1. The van der Waals surface area contributed by atoms with Gasteiger partial charge >= 0.3 is 5.97 Å². The number of nitrogens with zero attached hydrogens (tertiary/aromatic N) is 4. The molecule has 0 aliphatic rings. The molecule has 0 radical (unpaired) electrons. The Morgan fingerprint density at radius 1 is 1.39 bits per heavy atom. The van der Waals surface area contributed by atoms with Gasteiger partial charge in [-0.15, -0.1) is 0 Å². The highest BCUT2D eigenvalue weighted by atomic mass is 32.1. The minimum atomic E-state index is -1.07. The monoisotopic (exact) mass is 260 g/mol. The van der Waals surface area contributed by atoms with E-state index in [9.17, 15) is 4.79 Å². The third kappa shape index (κ3) is 1.56. The van der Waals surface area contributed by atoms with Crippen molar-refractivity contribution in [1.82, 2.24) is 18.3 Å². The average molecular weight is 260 g/mol. The van der Waals surface area contributed by atoms with Gasteiger partial charge in [-0.1, -0.05) is 6.07 Å². The Kier molecular flexibility index (Phi) is 2.34. The molecule has 0 saturated heterocycles. The quantitative estimate of drug-likeness (QED) is 0.759. The maximum absolute atomic E-state index is 11.0. The minimum Gasteiger partial charge on any atom is -0.476 e. The Hall–Kier alpha value is -2.28. The van der Waals surface area contributed by atoms with E-state index in [-0.39, 0.29) is 5.69 Å². The maximum Gasteiger partial charge on any atom is 0.357 e. The summed E-state index contributed by atoms with van der Waals surface area (Å²) >= 11 is 0.894. The van der Waals surface area contributed by atoms with Crippen molar-refractivity contribution in [2.45, 2.75) is 0 Å². The lowest BCUT2D eigenvalue weighted by atomic mass is 10.1. The average Bonchev–Trinajstić information content (AvgIpc) is 2.96. The number of carbonyl (C=O) groups is 1. The number of hydrogen-bond donors (Lipinski definition) is 1. The lowest BCUT2D eigenvalue weighted by Crippen LogP contribution is -1.99. The van der Waals surface area contributed by atoms with E-state index in [2.05, 4.69) is 13.7 Å². The smallest absolute Gasteiger partial charge is 0.357 e. The molecule has 0 unspecified atom stereocenters. The van der Waals surface area contributed by atoms with Crippen LogP contribution in [0, 0.1) is 0 Å². The van der Waals surface area contributed by atoms with Crippen LogP contribution in [0.1, 0.15) is 10.5 Å². The SMILES string of the molecule is Cn1cnc2cc(-c3nsnc3C(=O)O)ccc21. The first-order chi connectivity index (χ1) is 8.66. The van der Waals surface area contributed by atoms with Crippen molar-refractivity contribution in [3.05, 3.63) is 30.2 Å². The van der Waals surface area contributed by atoms with Crippen LogP contribution < -0.4 is 0 Å². The molecule has 90 valence electrons. The summed E-state index contributed by atoms with van der Waals surface area (Å²) in [7, 11) is 1.90. The van der Waals surface area contributed by atoms with Gasteiger partial charge in [0.05, 0.1) is 29.1 Å². The number of carboxylic acids is 1. The fourth-order valence-electron chi connectivity index (χ4n) is 1.80. The van der Waals surface area contributed by atoms with Crippen LogP contribution in [0.2, 0.25) is 0 Å². The van der Waals surface area contributed by atoms with Gasteiger partial charge < -0.3 is 9.67 Å². The van der Waals surface area contributed by atoms with Crippen molar-refractivity contribution in [3.63, 3.8) is 0 Å². The standard InChI is InChI=1S/C11H8N4O2S/c1-15-5-12-7-4-6(2-3-8(7)15)9-10(11(16)17)14-18-13-9/h2-5H,1H3,(H,16,17). The largest absolute Gasteiger partial charge is 0.476 e. The van der Waals surface area contributed by atoms with Crippen molar-refractivity contribution in [2.75, 3.05) is 0 Å². The summed E-state index contributed by atoms with van der Waals surface area (Å²) in [6.45, 7) is 0. The summed E-state index contributed by atoms with van der Waals surface area (Å²) < 4.78 is 9.72. The van der Waals surface area contributed by atoms with Gasteiger partial charge in [0.25, 0.3) is 0 Å². The molecule has 0 amide bonds. The predicted octanol–water partition coefficient (Wildman–Crippen LogP) is 1.79. The van der Waals surface area contributed by atoms with Crippen LogP contribution in [0.4, 0.5) is 0 Å². The highest BCUT2D eigenvalue weighted by molar-refractivity contribution is 6.99. The van der Waals surface area contributed by atoms with Crippen molar-refractivity contribution in [2.24, 2.45) is 7.05 Å². The first-order valence-electron chi connectivity index (χ1n) is 5.14. The van der Waals surface area contributed by atoms with Gasteiger partial charge in [0.2, 0.25) is 0 Å². The molecule has 0 aliphatic heterocycles. The van der Waals surface area contributed by atoms with E-state index in [1.54, 1.807) is 6.33 Å². The number of aromatic carboxylic acids is 1. The van der Waals surface area contributed by atoms with Gasteiger partial charge in [0.1, 0.15) is 5.69 Å². The van der Waals surface area contributed by atoms with Gasteiger partial charge in [-0.2, -0.15) is 8.75 Å². The molecule has 2 aromatic heterocycles. The zero-order chi connectivity index (χ0) is 12.7. The van der Waals surface area contributed by atoms with Gasteiger partial charge in [0.15, 0.2) is 5.69 Å². The fourth-order valence-corrected chi connectivity index (χ4v) is 2.36. The van der Waals surface area contributed by atoms with E-state index < -0.39 is 5.97 Å². The molecule has 6 nitrogen and oxygen atoms in total. The summed E-state index contributed by atoms with van der Waals surface area (Å²) in [5.74, 6) is -1.07. The van der Waals surface area contributed by atoms with Crippen molar-refractivity contribution in [3.8, 4) is 11.3 Å². The number of aromatic nitrogens is 4. The molecule has 3 aromatic rings. The topological polar surface area (TPSA) is 80.9 Å². The molecule has 1 N–H and O–H groups in total. The summed E-state index contributed by atoms with van der Waals surface area (Å²) in [4.78, 5) is 15.2. The predicted molar refractivity (Wildman–Crippen MR) is 66.6 cm³/mol. The molecular formula is C11H8N4O2S. The normalized spacial score (nSPS) is 10.9. The molecule has 0 spiro atoms. The second kappa shape index (κ2) is 3.88. The maximum atomic E-state index is 11.0. The molecule has 18 heavy (non-hydrogen) atoms. The summed E-state index contributed by atoms with van der Waals surface area (Å²) in [6, 6.07) is 5.54. The highest BCUT2D eigenvalue weighted by Gasteiger charge is 2.17. The van der Waals surface area contributed by atoms with Gasteiger partial charge in [-0.05, 0) is 12.1 Å². The molecule has 0 bridgehead atoms. The summed E-state index contributed by atoms with van der Waals surface area (Å²) in [5, 5.41) is 9.02. The highest BCUT2D eigenvalue weighted by Crippen LogP contribution is 2.25. The van der Waals surface area contributed by atoms with E-state index in [1.807, 2.05) is 29.8 Å². The number of hydrogen-bond acceptors (Lipinski definition) is 5. The summed E-state index contributed by atoms with van der Waals surface area (Å²) in [5.41, 5.74) is 2.88. The van der Waals surface area contributed by atoms with Crippen LogP contribution in [0.3, 0.4) is 0 Å². The Labute approximate surface area is 106 Å². The van der Waals surface area contributed by atoms with E-state index in [1.165, 1.54) is 0 Å². The molecule has 1 aromatic carbocycles. The van der Waals surface area contributed by atoms with Crippen molar-refractivity contribution < 1.29 is 9.90 Å². The van der Waals surface area contributed by atoms with E-state index >= 15 is 0 Å². The van der Waals surface area contributed by atoms with Crippen LogP contribution >= 0.6 is 11.7 Å². The molecule has 0 atom stereocenters. The number of imidazole rings is 1. The number of aryl methyl sites for hydroxylation is 1. The second-order valence-corrected chi connectivity index (χ2v) is 4.35. The van der Waals surface area contributed by atoms with Gasteiger partial charge in [-0.25, -0.2) is 9.78 Å². The summed E-state index contributed by atoms with van der Waals surface area (Å²) in [6.07, 6.45) is 1.71. The van der Waals surface area contributed by atoms with E-state index in [0.29, 0.717) is 11.3 Å². The third-order valence-electron chi connectivity index (χ3n) is 2.69. The van der Waals surface area contributed by atoms with E-state index in [0.717, 1.165) is 22.8 Å². The lowest BCUT2D eigenvalue weighted by Gasteiger charge is -1.99. The number of carboxylic acid groups (broad SMARTS) is 1. The van der Waals surface area contributed by atoms with Crippen LogP contribution in [0.5, 0.6) is 0 Å². The minimum absolute atomic E-state index is 0.0183. The van der Waals surface area contributed by atoms with Crippen molar-refractivity contribution in [1.29, 1.82) is 0 Å². The Morgan fingerprint density at radius 3 is 3.00 bits per heavy atom. The molecule has 3 rings (SSSR count). The van der Waals surface area contributed by atoms with Gasteiger partial charge in [0, 0.05) is 12.6 Å². The van der Waals surface area contributed by atoms with Gasteiger partial charge in [-0.3, -0.25) is 0 Å². The number of fused-ring (bicyclic) bond motifs is 1. The fraction of sp³-hybridized carbons (Fsp3) is 0.0909. The first kappa shape index (κ1) is 10.8. The van der Waals surface area contributed by atoms with Crippen LogP contribution in [-0.4, -0.2) is 29.4 Å². The van der Waals surface area contributed by atoms with Crippen LogP contribution in [0.25, 0.3) is 22.3 Å². The Morgan fingerprint density at radius 2 is 2.22 bits per heavy atom. The van der Waals surface area contributed by atoms with Crippen molar-refractivity contribution >= 4 is 28.7 Å².